The second kappa shape index (κ2) is 6.15. The van der Waals surface area contributed by atoms with Gasteiger partial charge in [-0.1, -0.05) is 23.2 Å². The summed E-state index contributed by atoms with van der Waals surface area (Å²) in [5, 5.41) is 2.66. The van der Waals surface area contributed by atoms with Gasteiger partial charge in [0.05, 0.1) is 10.6 Å². The summed E-state index contributed by atoms with van der Waals surface area (Å²) in [6.45, 7) is -0.168. The molecule has 0 aliphatic carbocycles. The fourth-order valence-electron chi connectivity index (χ4n) is 1.54. The summed E-state index contributed by atoms with van der Waals surface area (Å²) in [5.74, 6) is -1.74. The van der Waals surface area contributed by atoms with Crippen LogP contribution in [0, 0.1) is 11.6 Å². The summed E-state index contributed by atoms with van der Waals surface area (Å²) in [7, 11) is 0. The van der Waals surface area contributed by atoms with Gasteiger partial charge in [0.15, 0.2) is 0 Å². The van der Waals surface area contributed by atoms with Crippen LogP contribution >= 0.6 is 23.2 Å². The smallest absolute Gasteiger partial charge is 0.253 e. The fourth-order valence-corrected chi connectivity index (χ4v) is 1.88. The van der Waals surface area contributed by atoms with E-state index in [2.05, 4.69) is 10.3 Å². The number of halogens is 4. The van der Waals surface area contributed by atoms with E-state index in [1.54, 1.807) is 0 Å². The minimum atomic E-state index is -0.606. The van der Waals surface area contributed by atoms with Crippen LogP contribution in [0.3, 0.4) is 0 Å². The normalized spacial score (nSPS) is 10.4. The van der Waals surface area contributed by atoms with Gasteiger partial charge in [-0.2, -0.15) is 0 Å². The van der Waals surface area contributed by atoms with E-state index in [1.807, 2.05) is 0 Å². The van der Waals surface area contributed by atoms with Crippen molar-refractivity contribution in [3.05, 3.63) is 63.4 Å². The first-order valence-corrected chi connectivity index (χ1v) is 6.26. The number of carbonyl (C=O) groups is 1. The number of hydrogen-bond acceptors (Lipinski definition) is 2. The molecule has 0 spiro atoms. The predicted octanol–water partition coefficient (Wildman–Crippen LogP) is 3.60. The summed E-state index contributed by atoms with van der Waals surface area (Å²) in [6.07, 6.45) is 1.24. The van der Waals surface area contributed by atoms with Gasteiger partial charge in [-0.3, -0.25) is 4.79 Å². The summed E-state index contributed by atoms with van der Waals surface area (Å²) in [6, 6.07) is 4.30. The zero-order valence-electron chi connectivity index (χ0n) is 9.96. The molecule has 0 fully saturated rings. The van der Waals surface area contributed by atoms with E-state index in [0.29, 0.717) is 0 Å². The molecule has 1 amide bonds. The molecule has 104 valence electrons. The Balaban J connectivity index is 2.12. The molecule has 1 N–H and O–H groups in total. The van der Waals surface area contributed by atoms with Crippen molar-refractivity contribution >= 4 is 29.1 Å². The quantitative estimate of drug-likeness (QED) is 0.879. The topological polar surface area (TPSA) is 42.0 Å². The second-order valence-corrected chi connectivity index (χ2v) is 4.70. The third-order valence-corrected chi connectivity index (χ3v) is 3.02. The lowest BCUT2D eigenvalue weighted by Crippen LogP contribution is -2.23. The Morgan fingerprint density at radius 2 is 2.00 bits per heavy atom. The Morgan fingerprint density at radius 1 is 1.25 bits per heavy atom. The number of nitrogens with zero attached hydrogens (tertiary/aromatic N) is 1. The van der Waals surface area contributed by atoms with Crippen LogP contribution in [0.15, 0.2) is 30.5 Å². The van der Waals surface area contributed by atoms with Crippen molar-refractivity contribution in [3.8, 4) is 0 Å². The highest BCUT2D eigenvalue weighted by Gasteiger charge is 2.12. The molecule has 0 aliphatic rings. The highest BCUT2D eigenvalue weighted by Crippen LogP contribution is 2.18. The summed E-state index contributed by atoms with van der Waals surface area (Å²) >= 11 is 11.5. The van der Waals surface area contributed by atoms with Crippen molar-refractivity contribution in [2.45, 2.75) is 6.54 Å². The number of aromatic nitrogens is 1. The Kier molecular flexibility index (Phi) is 4.52. The van der Waals surface area contributed by atoms with E-state index in [1.165, 1.54) is 12.3 Å². The van der Waals surface area contributed by atoms with E-state index >= 15 is 0 Å². The van der Waals surface area contributed by atoms with E-state index in [9.17, 15) is 13.6 Å². The highest BCUT2D eigenvalue weighted by atomic mass is 35.5. The molecule has 0 aliphatic heterocycles. The van der Waals surface area contributed by atoms with Gasteiger partial charge >= 0.3 is 0 Å². The zero-order chi connectivity index (χ0) is 14.7. The van der Waals surface area contributed by atoms with Crippen LogP contribution in [0.25, 0.3) is 0 Å². The van der Waals surface area contributed by atoms with Crippen molar-refractivity contribution in [2.24, 2.45) is 0 Å². The Labute approximate surface area is 123 Å². The standard InChI is InChI=1S/C13H8Cl2F2N2O/c14-10-6-18-12(15)4-9(10)13(20)19-5-7-3-8(16)1-2-11(7)17/h1-4,6H,5H2,(H,19,20). The maximum Gasteiger partial charge on any atom is 0.253 e. The molecule has 0 unspecified atom stereocenters. The highest BCUT2D eigenvalue weighted by molar-refractivity contribution is 6.35. The minimum absolute atomic E-state index is 0.0367. The maximum atomic E-state index is 13.4. The van der Waals surface area contributed by atoms with E-state index in [4.69, 9.17) is 23.2 Å². The van der Waals surface area contributed by atoms with Crippen LogP contribution in [0.1, 0.15) is 15.9 Å². The second-order valence-electron chi connectivity index (χ2n) is 3.91. The molecule has 1 heterocycles. The molecular weight excluding hydrogens is 309 g/mol. The van der Waals surface area contributed by atoms with Crippen molar-refractivity contribution in [2.75, 3.05) is 0 Å². The number of pyridine rings is 1. The number of benzene rings is 1. The van der Waals surface area contributed by atoms with Gasteiger partial charge in [-0.25, -0.2) is 13.8 Å². The van der Waals surface area contributed by atoms with Crippen LogP contribution in [-0.2, 0) is 6.54 Å². The largest absolute Gasteiger partial charge is 0.348 e. The van der Waals surface area contributed by atoms with Crippen molar-refractivity contribution in [1.29, 1.82) is 0 Å². The third-order valence-electron chi connectivity index (χ3n) is 2.51. The summed E-state index contributed by atoms with van der Waals surface area (Å²) < 4.78 is 26.4. The van der Waals surface area contributed by atoms with Crippen molar-refractivity contribution < 1.29 is 13.6 Å². The van der Waals surface area contributed by atoms with Gasteiger partial charge in [0.1, 0.15) is 16.8 Å². The number of nitrogens with one attached hydrogen (secondary N) is 1. The maximum absolute atomic E-state index is 13.4. The van der Waals surface area contributed by atoms with Crippen molar-refractivity contribution in [1.82, 2.24) is 10.3 Å². The van der Waals surface area contributed by atoms with Gasteiger partial charge in [0, 0.05) is 18.3 Å². The fraction of sp³-hybridized carbons (Fsp3) is 0.0769. The van der Waals surface area contributed by atoms with E-state index < -0.39 is 17.5 Å². The average Bonchev–Trinajstić information content (AvgIpc) is 2.42. The Hall–Kier alpha value is -1.72. The number of hydrogen-bond donors (Lipinski definition) is 1. The van der Waals surface area contributed by atoms with Crippen LogP contribution in [0.4, 0.5) is 8.78 Å². The van der Waals surface area contributed by atoms with Gasteiger partial charge in [-0.05, 0) is 24.3 Å². The van der Waals surface area contributed by atoms with Gasteiger partial charge in [-0.15, -0.1) is 0 Å². The monoisotopic (exact) mass is 316 g/mol. The number of carbonyl (C=O) groups excluding carboxylic acids is 1. The van der Waals surface area contributed by atoms with Crippen LogP contribution in [-0.4, -0.2) is 10.9 Å². The molecule has 2 aromatic rings. The molecule has 0 bridgehead atoms. The molecule has 0 saturated carbocycles. The first-order valence-electron chi connectivity index (χ1n) is 5.50. The van der Waals surface area contributed by atoms with Crippen LogP contribution in [0.5, 0.6) is 0 Å². The Morgan fingerprint density at radius 3 is 2.75 bits per heavy atom. The lowest BCUT2D eigenvalue weighted by atomic mass is 10.2. The number of amides is 1. The Bertz CT molecular complexity index is 665. The summed E-state index contributed by atoms with van der Waals surface area (Å²) in [5.41, 5.74) is 0.151. The molecule has 0 atom stereocenters. The molecule has 0 radical (unpaired) electrons. The van der Waals surface area contributed by atoms with Crippen LogP contribution in [0.2, 0.25) is 10.2 Å². The van der Waals surface area contributed by atoms with Gasteiger partial charge in [0.25, 0.3) is 5.91 Å². The number of rotatable bonds is 3. The van der Waals surface area contributed by atoms with Crippen LogP contribution < -0.4 is 5.32 Å². The summed E-state index contributed by atoms with van der Waals surface area (Å²) in [4.78, 5) is 15.6. The average molecular weight is 317 g/mol. The lowest BCUT2D eigenvalue weighted by molar-refractivity contribution is 0.0950. The molecule has 20 heavy (non-hydrogen) atoms. The van der Waals surface area contributed by atoms with Gasteiger partial charge < -0.3 is 5.32 Å². The van der Waals surface area contributed by atoms with Gasteiger partial charge in [0.2, 0.25) is 0 Å². The van der Waals surface area contributed by atoms with Crippen molar-refractivity contribution in [3.63, 3.8) is 0 Å². The molecular formula is C13H8Cl2F2N2O. The SMILES string of the molecule is O=C(NCc1cc(F)ccc1F)c1cc(Cl)ncc1Cl. The molecule has 7 heteroatoms. The molecule has 1 aromatic carbocycles. The molecule has 1 aromatic heterocycles. The van der Waals surface area contributed by atoms with E-state index in [-0.39, 0.29) is 27.8 Å². The molecule has 3 nitrogen and oxygen atoms in total. The first kappa shape index (κ1) is 14.7. The first-order chi connectivity index (χ1) is 9.47. The van der Waals surface area contributed by atoms with E-state index in [0.717, 1.165) is 18.2 Å². The predicted molar refractivity (Wildman–Crippen MR) is 71.8 cm³/mol. The molecule has 0 saturated heterocycles. The zero-order valence-corrected chi connectivity index (χ0v) is 11.5. The lowest BCUT2D eigenvalue weighted by Gasteiger charge is -2.08. The third kappa shape index (κ3) is 3.43. The minimum Gasteiger partial charge on any atom is -0.348 e. The molecule has 2 rings (SSSR count).